The van der Waals surface area contributed by atoms with Crippen molar-refractivity contribution in [3.8, 4) is 0 Å². The van der Waals surface area contributed by atoms with Gasteiger partial charge in [-0.3, -0.25) is 4.79 Å². The Morgan fingerprint density at radius 3 is 2.70 bits per heavy atom. The van der Waals surface area contributed by atoms with E-state index < -0.39 is 0 Å². The standard InChI is InChI=1S/C15H21N3O2/c1-10(2)18-8-12(16)7-14(18)15(19)17(4)9-13-6-5-11(3)20-13/h5-8,10H,9,16H2,1-4H3. The van der Waals surface area contributed by atoms with Gasteiger partial charge in [0.15, 0.2) is 0 Å². The largest absolute Gasteiger partial charge is 0.464 e. The van der Waals surface area contributed by atoms with Gasteiger partial charge < -0.3 is 19.6 Å². The van der Waals surface area contributed by atoms with E-state index in [9.17, 15) is 4.79 Å². The van der Waals surface area contributed by atoms with E-state index in [1.165, 1.54) is 0 Å². The predicted molar refractivity (Wildman–Crippen MR) is 78.5 cm³/mol. The third kappa shape index (κ3) is 2.87. The SMILES string of the molecule is Cc1ccc(CN(C)C(=O)c2cc(N)cn2C(C)C)o1. The van der Waals surface area contributed by atoms with E-state index >= 15 is 0 Å². The van der Waals surface area contributed by atoms with Crippen molar-refractivity contribution in [3.05, 3.63) is 41.6 Å². The van der Waals surface area contributed by atoms with Crippen LogP contribution in [-0.4, -0.2) is 22.4 Å². The third-order valence-electron chi connectivity index (χ3n) is 3.18. The molecule has 2 aromatic heterocycles. The van der Waals surface area contributed by atoms with Gasteiger partial charge in [-0.25, -0.2) is 0 Å². The Morgan fingerprint density at radius 2 is 2.15 bits per heavy atom. The molecule has 0 spiro atoms. The highest BCUT2D eigenvalue weighted by atomic mass is 16.3. The van der Waals surface area contributed by atoms with Crippen molar-refractivity contribution in [1.82, 2.24) is 9.47 Å². The molecule has 1 amide bonds. The maximum absolute atomic E-state index is 12.5. The average molecular weight is 275 g/mol. The molecule has 0 atom stereocenters. The van der Waals surface area contributed by atoms with Crippen molar-refractivity contribution < 1.29 is 9.21 Å². The molecule has 2 heterocycles. The fourth-order valence-corrected chi connectivity index (χ4v) is 2.17. The molecule has 2 aromatic rings. The Labute approximate surface area is 119 Å². The summed E-state index contributed by atoms with van der Waals surface area (Å²) in [5.74, 6) is 1.55. The molecular weight excluding hydrogens is 254 g/mol. The van der Waals surface area contributed by atoms with Gasteiger partial charge in [0, 0.05) is 19.3 Å². The molecule has 108 valence electrons. The molecule has 0 aliphatic heterocycles. The number of aryl methyl sites for hydroxylation is 1. The molecule has 2 rings (SSSR count). The lowest BCUT2D eigenvalue weighted by Crippen LogP contribution is -2.28. The fourth-order valence-electron chi connectivity index (χ4n) is 2.17. The first-order chi connectivity index (χ1) is 9.38. The summed E-state index contributed by atoms with van der Waals surface area (Å²) < 4.78 is 7.39. The van der Waals surface area contributed by atoms with Crippen molar-refractivity contribution in [2.75, 3.05) is 12.8 Å². The zero-order valence-electron chi connectivity index (χ0n) is 12.4. The van der Waals surface area contributed by atoms with Crippen molar-refractivity contribution in [2.45, 2.75) is 33.4 Å². The number of hydrogen-bond acceptors (Lipinski definition) is 3. The van der Waals surface area contributed by atoms with Crippen LogP contribution in [0, 0.1) is 6.92 Å². The van der Waals surface area contributed by atoms with E-state index in [1.807, 2.05) is 37.5 Å². The smallest absolute Gasteiger partial charge is 0.270 e. The quantitative estimate of drug-likeness (QED) is 0.933. The molecule has 2 N–H and O–H groups in total. The summed E-state index contributed by atoms with van der Waals surface area (Å²) in [4.78, 5) is 14.1. The summed E-state index contributed by atoms with van der Waals surface area (Å²) in [5, 5.41) is 0. The van der Waals surface area contributed by atoms with Crippen LogP contribution in [0.5, 0.6) is 0 Å². The van der Waals surface area contributed by atoms with E-state index in [0.29, 0.717) is 17.9 Å². The van der Waals surface area contributed by atoms with Gasteiger partial charge in [-0.15, -0.1) is 0 Å². The number of nitrogen functional groups attached to an aromatic ring is 1. The van der Waals surface area contributed by atoms with Gasteiger partial charge in [0.25, 0.3) is 5.91 Å². The first kappa shape index (κ1) is 14.2. The third-order valence-corrected chi connectivity index (χ3v) is 3.18. The van der Waals surface area contributed by atoms with Crippen LogP contribution in [0.2, 0.25) is 0 Å². The lowest BCUT2D eigenvalue weighted by Gasteiger charge is -2.18. The van der Waals surface area contributed by atoms with Crippen molar-refractivity contribution >= 4 is 11.6 Å². The molecule has 0 aliphatic rings. The summed E-state index contributed by atoms with van der Waals surface area (Å²) in [6.45, 7) is 6.37. The number of rotatable bonds is 4. The van der Waals surface area contributed by atoms with Crippen molar-refractivity contribution in [1.29, 1.82) is 0 Å². The summed E-state index contributed by atoms with van der Waals surface area (Å²) in [6, 6.07) is 5.68. The summed E-state index contributed by atoms with van der Waals surface area (Å²) >= 11 is 0. The molecule has 5 heteroatoms. The average Bonchev–Trinajstić information content (AvgIpc) is 2.94. The molecule has 0 bridgehead atoms. The highest BCUT2D eigenvalue weighted by Crippen LogP contribution is 2.19. The minimum atomic E-state index is -0.0653. The Kier molecular flexibility index (Phi) is 3.88. The molecule has 0 unspecified atom stereocenters. The predicted octanol–water partition coefficient (Wildman–Crippen LogP) is 2.82. The van der Waals surface area contributed by atoms with Crippen LogP contribution in [0.25, 0.3) is 0 Å². The number of aromatic nitrogens is 1. The number of furan rings is 1. The Bertz CT molecular complexity index is 610. The molecule has 0 fully saturated rings. The fraction of sp³-hybridized carbons (Fsp3) is 0.400. The minimum absolute atomic E-state index is 0.0653. The minimum Gasteiger partial charge on any atom is -0.464 e. The summed E-state index contributed by atoms with van der Waals surface area (Å²) in [6.07, 6.45) is 1.79. The molecule has 0 aromatic carbocycles. The molecule has 5 nitrogen and oxygen atoms in total. The molecule has 0 aliphatic carbocycles. The van der Waals surface area contributed by atoms with E-state index in [0.717, 1.165) is 11.5 Å². The van der Waals surface area contributed by atoms with Gasteiger partial charge in [0.05, 0.1) is 12.2 Å². The Hall–Kier alpha value is -2.17. The maximum Gasteiger partial charge on any atom is 0.270 e. The van der Waals surface area contributed by atoms with Gasteiger partial charge in [-0.1, -0.05) is 0 Å². The van der Waals surface area contributed by atoms with Crippen LogP contribution >= 0.6 is 0 Å². The van der Waals surface area contributed by atoms with E-state index in [4.69, 9.17) is 10.2 Å². The highest BCUT2D eigenvalue weighted by Gasteiger charge is 2.19. The van der Waals surface area contributed by atoms with Gasteiger partial charge in [0.2, 0.25) is 0 Å². The number of amides is 1. The highest BCUT2D eigenvalue weighted by molar-refractivity contribution is 5.93. The van der Waals surface area contributed by atoms with Crippen LogP contribution in [0.3, 0.4) is 0 Å². The van der Waals surface area contributed by atoms with Gasteiger partial charge >= 0.3 is 0 Å². The normalized spacial score (nSPS) is 11.1. The second kappa shape index (κ2) is 5.45. The van der Waals surface area contributed by atoms with Crippen LogP contribution in [-0.2, 0) is 6.54 Å². The number of carbonyl (C=O) groups excluding carboxylic acids is 1. The number of hydrogen-bond donors (Lipinski definition) is 1. The number of carbonyl (C=O) groups is 1. The molecule has 0 radical (unpaired) electrons. The van der Waals surface area contributed by atoms with Crippen LogP contribution in [0.4, 0.5) is 5.69 Å². The van der Waals surface area contributed by atoms with Gasteiger partial charge in [-0.2, -0.15) is 0 Å². The first-order valence-corrected chi connectivity index (χ1v) is 6.66. The maximum atomic E-state index is 12.5. The van der Waals surface area contributed by atoms with E-state index in [-0.39, 0.29) is 11.9 Å². The van der Waals surface area contributed by atoms with Crippen LogP contribution < -0.4 is 5.73 Å². The van der Waals surface area contributed by atoms with Gasteiger partial charge in [-0.05, 0) is 39.0 Å². The molecule has 0 saturated carbocycles. The second-order valence-electron chi connectivity index (χ2n) is 5.33. The Morgan fingerprint density at radius 1 is 1.45 bits per heavy atom. The van der Waals surface area contributed by atoms with Crippen molar-refractivity contribution in [3.63, 3.8) is 0 Å². The zero-order chi connectivity index (χ0) is 14.9. The summed E-state index contributed by atoms with van der Waals surface area (Å²) in [5.41, 5.74) is 7.00. The topological polar surface area (TPSA) is 64.4 Å². The number of nitrogens with zero attached hydrogens (tertiary/aromatic N) is 2. The van der Waals surface area contributed by atoms with Crippen LogP contribution in [0.15, 0.2) is 28.8 Å². The number of nitrogens with two attached hydrogens (primary N) is 1. The summed E-state index contributed by atoms with van der Waals surface area (Å²) in [7, 11) is 1.76. The molecule has 20 heavy (non-hydrogen) atoms. The lowest BCUT2D eigenvalue weighted by molar-refractivity contribution is 0.0762. The van der Waals surface area contributed by atoms with E-state index in [2.05, 4.69) is 0 Å². The molecule has 0 saturated heterocycles. The lowest BCUT2D eigenvalue weighted by atomic mass is 10.3. The van der Waals surface area contributed by atoms with Crippen molar-refractivity contribution in [2.24, 2.45) is 0 Å². The molecular formula is C15H21N3O2. The second-order valence-corrected chi connectivity index (χ2v) is 5.33. The van der Waals surface area contributed by atoms with Gasteiger partial charge in [0.1, 0.15) is 17.2 Å². The zero-order valence-corrected chi connectivity index (χ0v) is 12.4. The Balaban J connectivity index is 2.18. The van der Waals surface area contributed by atoms with E-state index in [1.54, 1.807) is 24.2 Å². The van der Waals surface area contributed by atoms with Crippen LogP contribution in [0.1, 0.15) is 41.9 Å². The first-order valence-electron chi connectivity index (χ1n) is 6.66. The monoisotopic (exact) mass is 275 g/mol. The number of anilines is 1.